The van der Waals surface area contributed by atoms with Gasteiger partial charge in [0.1, 0.15) is 4.90 Å². The molecule has 1 saturated heterocycles. The first kappa shape index (κ1) is 29.1. The number of hydrogen-bond acceptors (Lipinski definition) is 7. The number of para-hydroxylation sites is 1. The molecular weight excluding hydrogens is 554 g/mol. The van der Waals surface area contributed by atoms with Crippen molar-refractivity contribution in [2.75, 3.05) is 49.4 Å². The number of nitrogens with zero attached hydrogens (tertiary/aromatic N) is 1. The minimum atomic E-state index is -4.04. The predicted molar refractivity (Wildman–Crippen MR) is 159 cm³/mol. The lowest BCUT2D eigenvalue weighted by atomic mass is 10.1. The lowest BCUT2D eigenvalue weighted by molar-refractivity contribution is -0.111. The van der Waals surface area contributed by atoms with Gasteiger partial charge in [-0.25, -0.2) is 8.42 Å². The van der Waals surface area contributed by atoms with Gasteiger partial charge in [0.2, 0.25) is 11.7 Å². The monoisotopic (exact) mass is 585 g/mol. The molecule has 3 aromatic rings. The summed E-state index contributed by atoms with van der Waals surface area (Å²) < 4.78 is 45.8. The largest absolute Gasteiger partial charge is 0.493 e. The summed E-state index contributed by atoms with van der Waals surface area (Å²) in [4.78, 5) is 14.9. The predicted octanol–water partition coefficient (Wildman–Crippen LogP) is 5.81. The summed E-state index contributed by atoms with van der Waals surface area (Å²) in [5.74, 6) is 0.911. The second-order valence-electron chi connectivity index (χ2n) is 9.10. The zero-order valence-corrected chi connectivity index (χ0v) is 24.1. The van der Waals surface area contributed by atoms with E-state index >= 15 is 0 Å². The van der Waals surface area contributed by atoms with Crippen molar-refractivity contribution in [1.82, 2.24) is 0 Å². The van der Waals surface area contributed by atoms with E-state index in [0.717, 1.165) is 32.4 Å². The van der Waals surface area contributed by atoms with Gasteiger partial charge in [0.15, 0.2) is 11.5 Å². The van der Waals surface area contributed by atoms with Crippen LogP contribution < -0.4 is 29.1 Å². The summed E-state index contributed by atoms with van der Waals surface area (Å²) in [5, 5.41) is 3.04. The number of sulfonamides is 1. The van der Waals surface area contributed by atoms with Crippen molar-refractivity contribution in [2.45, 2.75) is 24.2 Å². The first-order valence-electron chi connectivity index (χ1n) is 12.7. The maximum absolute atomic E-state index is 13.6. The van der Waals surface area contributed by atoms with Crippen molar-refractivity contribution in [3.8, 4) is 17.2 Å². The van der Waals surface area contributed by atoms with Crippen LogP contribution in [0.15, 0.2) is 65.6 Å². The number of methoxy groups -OCH3 is 3. The number of ether oxygens (including phenoxy) is 3. The molecule has 0 atom stereocenters. The van der Waals surface area contributed by atoms with E-state index in [0.29, 0.717) is 34.2 Å². The van der Waals surface area contributed by atoms with Gasteiger partial charge in [-0.1, -0.05) is 23.7 Å². The highest BCUT2D eigenvalue weighted by Gasteiger charge is 2.25. The molecule has 0 spiro atoms. The van der Waals surface area contributed by atoms with Crippen molar-refractivity contribution in [3.05, 3.63) is 71.3 Å². The van der Waals surface area contributed by atoms with E-state index in [1.165, 1.54) is 33.5 Å². The topological polar surface area (TPSA) is 106 Å². The fourth-order valence-electron chi connectivity index (χ4n) is 4.50. The molecule has 1 heterocycles. The van der Waals surface area contributed by atoms with Crippen LogP contribution in [0.3, 0.4) is 0 Å². The van der Waals surface area contributed by atoms with Crippen LogP contribution in [0.2, 0.25) is 5.02 Å². The zero-order valence-electron chi connectivity index (χ0n) is 22.6. The molecule has 9 nitrogen and oxygen atoms in total. The van der Waals surface area contributed by atoms with E-state index in [4.69, 9.17) is 25.8 Å². The number of carbonyl (C=O) groups excluding carboxylic acids is 1. The Morgan fingerprint density at radius 1 is 0.925 bits per heavy atom. The molecule has 1 aliphatic heterocycles. The number of hydrogen-bond donors (Lipinski definition) is 2. The Kier molecular flexibility index (Phi) is 9.44. The quantitative estimate of drug-likeness (QED) is 0.289. The van der Waals surface area contributed by atoms with E-state index < -0.39 is 15.9 Å². The Bertz CT molecular complexity index is 1480. The Morgan fingerprint density at radius 3 is 2.23 bits per heavy atom. The molecule has 1 aliphatic rings. The molecule has 40 heavy (non-hydrogen) atoms. The van der Waals surface area contributed by atoms with Crippen molar-refractivity contribution >= 4 is 50.7 Å². The van der Waals surface area contributed by atoms with Crippen molar-refractivity contribution in [1.29, 1.82) is 0 Å². The van der Waals surface area contributed by atoms with Crippen LogP contribution in [0.1, 0.15) is 24.8 Å². The third kappa shape index (κ3) is 6.81. The third-order valence-corrected chi connectivity index (χ3v) is 8.17. The fourth-order valence-corrected chi connectivity index (χ4v) is 6.07. The Hall–Kier alpha value is -3.89. The van der Waals surface area contributed by atoms with Crippen LogP contribution in [0.4, 0.5) is 17.1 Å². The van der Waals surface area contributed by atoms with Crippen LogP contribution in [0, 0.1) is 0 Å². The summed E-state index contributed by atoms with van der Waals surface area (Å²) in [7, 11) is 0.498. The van der Waals surface area contributed by atoms with E-state index in [2.05, 4.69) is 14.9 Å². The van der Waals surface area contributed by atoms with Crippen LogP contribution in [-0.4, -0.2) is 48.7 Å². The van der Waals surface area contributed by atoms with E-state index in [1.54, 1.807) is 54.6 Å². The van der Waals surface area contributed by atoms with Crippen molar-refractivity contribution < 1.29 is 27.4 Å². The molecule has 1 amide bonds. The fraction of sp³-hybridized carbons (Fsp3) is 0.276. The molecule has 0 radical (unpaired) electrons. The van der Waals surface area contributed by atoms with E-state index in [1.807, 2.05) is 0 Å². The molecule has 0 bridgehead atoms. The first-order valence-corrected chi connectivity index (χ1v) is 14.6. The molecule has 0 saturated carbocycles. The Balaban J connectivity index is 1.61. The van der Waals surface area contributed by atoms with Gasteiger partial charge in [-0.05, 0) is 73.4 Å². The normalized spacial score (nSPS) is 13.7. The molecule has 4 rings (SSSR count). The molecule has 0 aromatic heterocycles. The van der Waals surface area contributed by atoms with Gasteiger partial charge >= 0.3 is 0 Å². The summed E-state index contributed by atoms with van der Waals surface area (Å²) in [6.07, 6.45) is 5.99. The average molecular weight is 586 g/mol. The molecule has 11 heteroatoms. The summed E-state index contributed by atoms with van der Waals surface area (Å²) in [5.41, 5.74) is 1.83. The lowest BCUT2D eigenvalue weighted by Crippen LogP contribution is -2.31. The molecule has 0 aliphatic carbocycles. The summed E-state index contributed by atoms with van der Waals surface area (Å²) >= 11 is 6.22. The highest BCUT2D eigenvalue weighted by molar-refractivity contribution is 7.93. The smallest absolute Gasteiger partial charge is 0.264 e. The van der Waals surface area contributed by atoms with Gasteiger partial charge in [0, 0.05) is 24.9 Å². The highest BCUT2D eigenvalue weighted by atomic mass is 35.5. The van der Waals surface area contributed by atoms with Gasteiger partial charge in [-0.3, -0.25) is 9.52 Å². The van der Waals surface area contributed by atoms with Gasteiger partial charge < -0.3 is 24.4 Å². The molecular formula is C29H32ClN3O6S. The maximum atomic E-state index is 13.6. The molecule has 3 aromatic carbocycles. The Labute approximate surface area is 239 Å². The number of halogens is 1. The van der Waals surface area contributed by atoms with Gasteiger partial charge in [-0.2, -0.15) is 0 Å². The second-order valence-corrected chi connectivity index (χ2v) is 11.2. The first-order chi connectivity index (χ1) is 19.2. The standard InChI is InChI=1S/C29H32ClN3O6S/c1-37-25-17-20(18-26(38-2)29(25)39-3)11-14-28(34)31-21-12-13-24(33-15-7-4-8-16-33)27(19-21)40(35,36)32-23-10-6-5-9-22(23)30/h5-6,9-14,17-19,32H,4,7-8,15-16H2,1-3H3,(H,31,34). The van der Waals surface area contributed by atoms with E-state index in [-0.39, 0.29) is 15.6 Å². The number of piperidine rings is 1. The number of amides is 1. The minimum absolute atomic E-state index is 0.0562. The number of rotatable bonds is 10. The SMILES string of the molecule is COc1cc(C=CC(=O)Nc2ccc(N3CCCCC3)c(S(=O)(=O)Nc3ccccc3Cl)c2)cc(OC)c1OC. The van der Waals surface area contributed by atoms with E-state index in [9.17, 15) is 13.2 Å². The van der Waals surface area contributed by atoms with Gasteiger partial charge in [0.05, 0.1) is 37.7 Å². The lowest BCUT2D eigenvalue weighted by Gasteiger charge is -2.30. The minimum Gasteiger partial charge on any atom is -0.493 e. The van der Waals surface area contributed by atoms with Crippen LogP contribution in [0.5, 0.6) is 17.2 Å². The van der Waals surface area contributed by atoms with Gasteiger partial charge in [-0.15, -0.1) is 0 Å². The maximum Gasteiger partial charge on any atom is 0.264 e. The summed E-state index contributed by atoms with van der Waals surface area (Å²) in [6.45, 7) is 1.50. The van der Waals surface area contributed by atoms with Crippen molar-refractivity contribution in [2.24, 2.45) is 0 Å². The average Bonchev–Trinajstić information content (AvgIpc) is 2.97. The van der Waals surface area contributed by atoms with Gasteiger partial charge in [0.25, 0.3) is 10.0 Å². The Morgan fingerprint density at radius 2 is 1.60 bits per heavy atom. The molecule has 1 fully saturated rings. The van der Waals surface area contributed by atoms with Crippen molar-refractivity contribution in [3.63, 3.8) is 0 Å². The zero-order chi connectivity index (χ0) is 28.7. The summed E-state index contributed by atoms with van der Waals surface area (Å²) in [6, 6.07) is 14.9. The molecule has 0 unspecified atom stereocenters. The molecule has 2 N–H and O–H groups in total. The van der Waals surface area contributed by atoms with Crippen LogP contribution >= 0.6 is 11.6 Å². The third-order valence-electron chi connectivity index (χ3n) is 6.45. The van der Waals surface area contributed by atoms with Crippen LogP contribution in [-0.2, 0) is 14.8 Å². The van der Waals surface area contributed by atoms with Crippen LogP contribution in [0.25, 0.3) is 6.08 Å². The number of nitrogens with one attached hydrogen (secondary N) is 2. The number of benzene rings is 3. The molecule has 212 valence electrons. The second kappa shape index (κ2) is 13.0. The number of carbonyl (C=O) groups is 1. The highest BCUT2D eigenvalue weighted by Crippen LogP contribution is 2.38. The number of anilines is 3.